The molecule has 1 heterocycles. The van der Waals surface area contributed by atoms with Gasteiger partial charge in [-0.15, -0.1) is 0 Å². The van der Waals surface area contributed by atoms with Crippen LogP contribution in [0.1, 0.15) is 71.3 Å². The molecule has 2 aliphatic rings. The van der Waals surface area contributed by atoms with Crippen LogP contribution < -0.4 is 10.6 Å². The minimum Gasteiger partial charge on any atom is -0.616 e. The third-order valence-corrected chi connectivity index (χ3v) is 8.24. The van der Waals surface area contributed by atoms with Crippen LogP contribution in [0.15, 0.2) is 30.3 Å². The summed E-state index contributed by atoms with van der Waals surface area (Å²) in [6.07, 6.45) is 6.87. The van der Waals surface area contributed by atoms with Gasteiger partial charge in [0.1, 0.15) is 17.1 Å². The summed E-state index contributed by atoms with van der Waals surface area (Å²) in [5, 5.41) is 5.81. The number of amides is 2. The molecule has 2 atom stereocenters. The highest BCUT2D eigenvalue weighted by molar-refractivity contribution is 7.91. The first-order valence-corrected chi connectivity index (χ1v) is 14.6. The summed E-state index contributed by atoms with van der Waals surface area (Å²) < 4.78 is 18.3. The van der Waals surface area contributed by atoms with Crippen LogP contribution in [0.5, 0.6) is 0 Å². The number of hydrogen-bond acceptors (Lipinski definition) is 5. The van der Waals surface area contributed by atoms with Crippen molar-refractivity contribution in [1.29, 1.82) is 0 Å². The van der Waals surface area contributed by atoms with Gasteiger partial charge in [-0.2, -0.15) is 0 Å². The van der Waals surface area contributed by atoms with Gasteiger partial charge in [0.15, 0.2) is 6.04 Å². The Labute approximate surface area is 213 Å². The van der Waals surface area contributed by atoms with E-state index < -0.39 is 28.9 Å². The van der Waals surface area contributed by atoms with Gasteiger partial charge in [-0.05, 0) is 52.0 Å². The van der Waals surface area contributed by atoms with E-state index in [2.05, 4.69) is 39.8 Å². The number of alkyl carbamates (subject to hydrolysis) is 1. The maximum Gasteiger partial charge on any atom is 0.408 e. The van der Waals surface area contributed by atoms with E-state index in [1.807, 2.05) is 6.07 Å². The van der Waals surface area contributed by atoms with Crippen molar-refractivity contribution in [2.24, 2.45) is 5.92 Å². The molecule has 35 heavy (non-hydrogen) atoms. The number of nitrogens with one attached hydrogen (secondary N) is 2. The molecule has 0 spiro atoms. The molecular formula is C27H43N3O4S. The average Bonchev–Trinajstić information content (AvgIpc) is 2.80. The van der Waals surface area contributed by atoms with Crippen molar-refractivity contribution in [3.05, 3.63) is 35.9 Å². The van der Waals surface area contributed by atoms with Gasteiger partial charge in [-0.3, -0.25) is 9.69 Å². The van der Waals surface area contributed by atoms with Crippen molar-refractivity contribution >= 4 is 23.2 Å². The number of carbonyl (C=O) groups is 2. The molecule has 2 fully saturated rings. The fourth-order valence-corrected chi connectivity index (χ4v) is 6.48. The van der Waals surface area contributed by atoms with Gasteiger partial charge in [-0.1, -0.05) is 60.8 Å². The second-order valence-corrected chi connectivity index (χ2v) is 12.6. The van der Waals surface area contributed by atoms with Gasteiger partial charge in [0, 0.05) is 31.6 Å². The summed E-state index contributed by atoms with van der Waals surface area (Å²) in [5.41, 5.74) is 0.620. The largest absolute Gasteiger partial charge is 0.616 e. The Balaban J connectivity index is 1.52. The van der Waals surface area contributed by atoms with Gasteiger partial charge in [0.25, 0.3) is 0 Å². The van der Waals surface area contributed by atoms with E-state index in [0.29, 0.717) is 11.7 Å². The minimum absolute atomic E-state index is 0.0456. The number of benzene rings is 1. The molecule has 1 aliphatic heterocycles. The maximum absolute atomic E-state index is 13.2. The molecule has 1 saturated carbocycles. The van der Waals surface area contributed by atoms with E-state index in [4.69, 9.17) is 4.74 Å². The SMILES string of the molecule is CC(C)(C)OC(=O)N[C@@H](C[S+]([O-])CC1CCCCC1)C(=O)NC1CCN(Cc2ccccc2)CC1. The number of carbonyl (C=O) groups excluding carboxylic acids is 2. The molecule has 0 bridgehead atoms. The zero-order valence-corrected chi connectivity index (χ0v) is 22.4. The molecule has 1 aliphatic carbocycles. The van der Waals surface area contributed by atoms with Gasteiger partial charge in [-0.25, -0.2) is 4.79 Å². The predicted octanol–water partition coefficient (Wildman–Crippen LogP) is 3.99. The second-order valence-electron chi connectivity index (χ2n) is 11.0. The van der Waals surface area contributed by atoms with Crippen molar-refractivity contribution in [2.75, 3.05) is 24.6 Å². The van der Waals surface area contributed by atoms with Gasteiger partial charge in [0.2, 0.25) is 5.91 Å². The first-order valence-electron chi connectivity index (χ1n) is 13.1. The first-order chi connectivity index (χ1) is 16.7. The molecule has 1 unspecified atom stereocenters. The van der Waals surface area contributed by atoms with Gasteiger partial charge >= 0.3 is 6.09 Å². The van der Waals surface area contributed by atoms with Crippen molar-refractivity contribution < 1.29 is 18.9 Å². The van der Waals surface area contributed by atoms with Crippen molar-refractivity contribution in [1.82, 2.24) is 15.5 Å². The highest BCUT2D eigenvalue weighted by atomic mass is 32.2. The molecule has 3 rings (SSSR count). The van der Waals surface area contributed by atoms with Crippen LogP contribution >= 0.6 is 0 Å². The van der Waals surface area contributed by atoms with E-state index >= 15 is 0 Å². The lowest BCUT2D eigenvalue weighted by Crippen LogP contribution is -2.55. The fraction of sp³-hybridized carbons (Fsp3) is 0.704. The standard InChI is InChI=1S/C27H43N3O4S/c1-27(2,3)34-26(32)29-24(20-35(33)19-22-12-8-5-9-13-22)25(31)28-23-14-16-30(17-15-23)18-21-10-6-4-7-11-21/h4,6-7,10-11,22-24H,5,8-9,12-20H2,1-3H3,(H,28,31)(H,29,32)/t24-,35?/m0/s1. The van der Waals surface area contributed by atoms with Crippen molar-refractivity contribution in [3.8, 4) is 0 Å². The Morgan fingerprint density at radius 2 is 1.74 bits per heavy atom. The van der Waals surface area contributed by atoms with Crippen molar-refractivity contribution in [3.63, 3.8) is 0 Å². The third kappa shape index (κ3) is 10.4. The Kier molecular flexibility index (Phi) is 10.7. The smallest absolute Gasteiger partial charge is 0.408 e. The highest BCUT2D eigenvalue weighted by Crippen LogP contribution is 2.25. The van der Waals surface area contributed by atoms with Crippen LogP contribution in [-0.2, 0) is 27.3 Å². The number of hydrogen-bond donors (Lipinski definition) is 2. The Hall–Kier alpha value is -1.77. The molecule has 1 aromatic rings. The summed E-state index contributed by atoms with van der Waals surface area (Å²) in [4.78, 5) is 28.0. The lowest BCUT2D eigenvalue weighted by Gasteiger charge is -2.33. The second kappa shape index (κ2) is 13.5. The summed E-state index contributed by atoms with van der Waals surface area (Å²) in [7, 11) is 0. The Morgan fingerprint density at radius 1 is 1.09 bits per heavy atom. The summed E-state index contributed by atoms with van der Waals surface area (Å²) in [5.74, 6) is 0.893. The maximum atomic E-state index is 13.2. The van der Waals surface area contributed by atoms with E-state index in [1.54, 1.807) is 20.8 Å². The summed E-state index contributed by atoms with van der Waals surface area (Å²) >= 11 is -1.18. The van der Waals surface area contributed by atoms with Gasteiger partial charge < -0.3 is 19.9 Å². The monoisotopic (exact) mass is 505 g/mol. The minimum atomic E-state index is -1.18. The molecule has 196 valence electrons. The third-order valence-electron chi connectivity index (χ3n) is 6.69. The number of rotatable bonds is 9. The molecule has 0 aromatic heterocycles. The van der Waals surface area contributed by atoms with E-state index in [1.165, 1.54) is 24.8 Å². The topological polar surface area (TPSA) is 93.7 Å². The predicted molar refractivity (Wildman–Crippen MR) is 140 cm³/mol. The number of nitrogens with zero attached hydrogens (tertiary/aromatic N) is 1. The Morgan fingerprint density at radius 3 is 2.37 bits per heavy atom. The van der Waals surface area contributed by atoms with Gasteiger partial charge in [0.05, 0.1) is 0 Å². The lowest BCUT2D eigenvalue weighted by molar-refractivity contribution is -0.123. The quantitative estimate of drug-likeness (QED) is 0.495. The molecular weight excluding hydrogens is 462 g/mol. The van der Waals surface area contributed by atoms with Crippen LogP contribution in [0.2, 0.25) is 0 Å². The van der Waals surface area contributed by atoms with Crippen LogP contribution in [0.3, 0.4) is 0 Å². The fourth-order valence-electron chi connectivity index (χ4n) is 4.88. The van der Waals surface area contributed by atoms with Crippen LogP contribution in [-0.4, -0.2) is 63.7 Å². The molecule has 1 saturated heterocycles. The molecule has 7 nitrogen and oxygen atoms in total. The molecule has 2 amide bonds. The summed E-state index contributed by atoms with van der Waals surface area (Å²) in [6.45, 7) is 8.06. The van der Waals surface area contributed by atoms with E-state index in [-0.39, 0.29) is 17.7 Å². The highest BCUT2D eigenvalue weighted by Gasteiger charge is 2.32. The normalized spacial score (nSPS) is 20.1. The van der Waals surface area contributed by atoms with Crippen LogP contribution in [0.25, 0.3) is 0 Å². The first kappa shape index (κ1) is 27.8. The van der Waals surface area contributed by atoms with Crippen LogP contribution in [0, 0.1) is 5.92 Å². The molecule has 0 radical (unpaired) electrons. The average molecular weight is 506 g/mol. The Bertz CT molecular complexity index is 787. The number of piperidine rings is 1. The molecule has 1 aromatic carbocycles. The zero-order valence-electron chi connectivity index (χ0n) is 21.6. The molecule has 8 heteroatoms. The number of likely N-dealkylation sites (tertiary alicyclic amines) is 1. The molecule has 2 N–H and O–H groups in total. The summed E-state index contributed by atoms with van der Waals surface area (Å²) in [6, 6.07) is 9.58. The number of ether oxygens (including phenoxy) is 1. The van der Waals surface area contributed by atoms with E-state index in [9.17, 15) is 14.1 Å². The van der Waals surface area contributed by atoms with Crippen LogP contribution in [0.4, 0.5) is 4.79 Å². The lowest BCUT2D eigenvalue weighted by atomic mass is 9.91. The van der Waals surface area contributed by atoms with Crippen molar-refractivity contribution in [2.45, 2.75) is 89.9 Å². The zero-order chi connectivity index (χ0) is 25.3. The van der Waals surface area contributed by atoms with E-state index in [0.717, 1.165) is 45.3 Å².